The maximum absolute atomic E-state index is 14.3. The molecule has 2 aliphatic heterocycles. The molecule has 1 N–H and O–H groups in total. The molecule has 1 spiro atoms. The van der Waals surface area contributed by atoms with Gasteiger partial charge in [-0.2, -0.15) is 0 Å². The zero-order valence-corrected chi connectivity index (χ0v) is 24.7. The Hall–Kier alpha value is -5.16. The van der Waals surface area contributed by atoms with Crippen molar-refractivity contribution in [1.29, 1.82) is 0 Å². The van der Waals surface area contributed by atoms with Gasteiger partial charge in [-0.3, -0.25) is 24.6 Å². The number of anilines is 2. The summed E-state index contributed by atoms with van der Waals surface area (Å²) in [6.45, 7) is 7.60. The third kappa shape index (κ3) is 5.26. The lowest BCUT2D eigenvalue weighted by Crippen LogP contribution is -2.57. The summed E-state index contributed by atoms with van der Waals surface area (Å²) in [4.78, 5) is 57.8. The Morgan fingerprint density at radius 3 is 2.39 bits per heavy atom. The SMILES string of the molecule is Cc1cncc(N2C(=O)N(c3ccc(-c4ccc(OC(=O)O)cc4C)cc3)C(=O)C23CCN(Cc2ncccc2C)CC3)n1. The van der Waals surface area contributed by atoms with Crippen molar-refractivity contribution in [2.45, 2.75) is 45.7 Å². The number of aryl methyl sites for hydroxylation is 3. The first-order valence-electron chi connectivity index (χ1n) is 14.4. The van der Waals surface area contributed by atoms with E-state index in [0.29, 0.717) is 49.7 Å². The van der Waals surface area contributed by atoms with Gasteiger partial charge >= 0.3 is 12.2 Å². The van der Waals surface area contributed by atoms with E-state index in [1.54, 1.807) is 42.7 Å². The molecule has 2 aliphatic rings. The first-order valence-corrected chi connectivity index (χ1v) is 14.4. The highest BCUT2D eigenvalue weighted by atomic mass is 16.7. The zero-order chi connectivity index (χ0) is 31.0. The van der Waals surface area contributed by atoms with Crippen LogP contribution in [0.1, 0.15) is 35.4 Å². The molecule has 0 radical (unpaired) electrons. The Kier molecular flexibility index (Phi) is 7.56. The minimum atomic E-state index is -1.38. The fraction of sp³-hybridized carbons (Fsp3) is 0.273. The van der Waals surface area contributed by atoms with Crippen LogP contribution < -0.4 is 14.5 Å². The number of ether oxygens (including phenoxy) is 1. The topological polar surface area (TPSA) is 129 Å². The molecule has 2 aromatic heterocycles. The van der Waals surface area contributed by atoms with E-state index in [0.717, 1.165) is 27.9 Å². The third-order valence-corrected chi connectivity index (χ3v) is 8.40. The number of carbonyl (C=O) groups is 3. The lowest BCUT2D eigenvalue weighted by molar-refractivity contribution is -0.123. The number of pyridine rings is 1. The van der Waals surface area contributed by atoms with E-state index in [9.17, 15) is 14.4 Å². The van der Waals surface area contributed by atoms with Gasteiger partial charge in [0.2, 0.25) is 0 Å². The number of benzene rings is 2. The molecule has 6 rings (SSSR count). The average Bonchev–Trinajstić information content (AvgIpc) is 3.20. The number of aromatic nitrogens is 3. The van der Waals surface area contributed by atoms with Crippen LogP contribution in [0.5, 0.6) is 5.75 Å². The van der Waals surface area contributed by atoms with Gasteiger partial charge in [0.1, 0.15) is 11.3 Å². The number of piperidine rings is 1. The fourth-order valence-electron chi connectivity index (χ4n) is 6.11. The van der Waals surface area contributed by atoms with Crippen LogP contribution in [0, 0.1) is 20.8 Å². The molecule has 0 aliphatic carbocycles. The number of rotatable bonds is 6. The molecule has 11 nitrogen and oxygen atoms in total. The van der Waals surface area contributed by atoms with E-state index in [1.165, 1.54) is 16.0 Å². The van der Waals surface area contributed by atoms with Crippen molar-refractivity contribution in [1.82, 2.24) is 19.9 Å². The van der Waals surface area contributed by atoms with E-state index < -0.39 is 17.7 Å². The standard InChI is InChI=1S/C33H32N6O5/c1-21-5-4-14-35-28(21)20-37-15-12-33(13-16-37)30(40)38(31(41)39(33)29-19-34-18-23(3)36-29)25-8-6-24(7-9-25)27-11-10-26(17-22(27)2)44-32(42)43/h4-11,14,17-19H,12-13,15-16,20H2,1-3H3,(H,42,43). The number of carbonyl (C=O) groups excluding carboxylic acids is 2. The molecule has 0 atom stereocenters. The second-order valence-corrected chi connectivity index (χ2v) is 11.2. The van der Waals surface area contributed by atoms with Crippen molar-refractivity contribution >= 4 is 29.6 Å². The Morgan fingerprint density at radius 2 is 1.73 bits per heavy atom. The highest BCUT2D eigenvalue weighted by Crippen LogP contribution is 2.42. The molecular weight excluding hydrogens is 560 g/mol. The number of hydrogen-bond acceptors (Lipinski definition) is 8. The minimum Gasteiger partial charge on any atom is -0.449 e. The molecular formula is C33H32N6O5. The van der Waals surface area contributed by atoms with Crippen LogP contribution in [0.2, 0.25) is 0 Å². The molecule has 0 unspecified atom stereocenters. The van der Waals surface area contributed by atoms with Gasteiger partial charge in [0, 0.05) is 32.0 Å². The minimum absolute atomic E-state index is 0.231. The zero-order valence-electron chi connectivity index (χ0n) is 24.7. The smallest absolute Gasteiger partial charge is 0.449 e. The van der Waals surface area contributed by atoms with Crippen LogP contribution in [-0.2, 0) is 11.3 Å². The van der Waals surface area contributed by atoms with E-state index in [-0.39, 0.29) is 11.7 Å². The van der Waals surface area contributed by atoms with Crippen molar-refractivity contribution in [2.75, 3.05) is 22.9 Å². The van der Waals surface area contributed by atoms with E-state index in [2.05, 4.69) is 19.9 Å². The predicted molar refractivity (Wildman–Crippen MR) is 164 cm³/mol. The fourth-order valence-corrected chi connectivity index (χ4v) is 6.11. The summed E-state index contributed by atoms with van der Waals surface area (Å²) in [6.07, 6.45) is 4.46. The summed E-state index contributed by atoms with van der Waals surface area (Å²) in [5, 5.41) is 8.90. The van der Waals surface area contributed by atoms with E-state index in [1.807, 2.05) is 45.0 Å². The molecule has 2 fully saturated rings. The number of nitrogens with zero attached hydrogens (tertiary/aromatic N) is 6. The molecule has 4 aromatic rings. The molecule has 11 heteroatoms. The maximum Gasteiger partial charge on any atom is 0.511 e. The molecule has 2 aromatic carbocycles. The molecule has 0 bridgehead atoms. The van der Waals surface area contributed by atoms with Gasteiger partial charge in [-0.25, -0.2) is 19.5 Å². The summed E-state index contributed by atoms with van der Waals surface area (Å²) >= 11 is 0. The van der Waals surface area contributed by atoms with Crippen molar-refractivity contribution in [3.05, 3.63) is 95.7 Å². The van der Waals surface area contributed by atoms with Crippen molar-refractivity contribution in [3.63, 3.8) is 0 Å². The Morgan fingerprint density at radius 1 is 0.977 bits per heavy atom. The van der Waals surface area contributed by atoms with Crippen molar-refractivity contribution in [3.8, 4) is 16.9 Å². The molecule has 3 amide bonds. The van der Waals surface area contributed by atoms with Crippen LogP contribution in [-0.4, -0.2) is 61.7 Å². The lowest BCUT2D eigenvalue weighted by atomic mass is 9.85. The molecule has 4 heterocycles. The summed E-state index contributed by atoms with van der Waals surface area (Å²) < 4.78 is 4.76. The Bertz CT molecular complexity index is 1750. The monoisotopic (exact) mass is 592 g/mol. The number of imide groups is 1. The van der Waals surface area contributed by atoms with E-state index >= 15 is 0 Å². The van der Waals surface area contributed by atoms with Gasteiger partial charge in [0.05, 0.1) is 23.3 Å². The van der Waals surface area contributed by atoms with Crippen molar-refractivity contribution in [2.24, 2.45) is 0 Å². The number of carboxylic acid groups (broad SMARTS) is 1. The second-order valence-electron chi connectivity index (χ2n) is 11.2. The summed E-state index contributed by atoms with van der Waals surface area (Å²) in [7, 11) is 0. The largest absolute Gasteiger partial charge is 0.511 e. The summed E-state index contributed by atoms with van der Waals surface area (Å²) in [6, 6.07) is 15.7. The molecule has 44 heavy (non-hydrogen) atoms. The quantitative estimate of drug-likeness (QED) is 0.175. The number of hydrogen-bond donors (Lipinski definition) is 1. The Balaban J connectivity index is 1.29. The summed E-state index contributed by atoms with van der Waals surface area (Å²) in [5.74, 6) is 0.309. The van der Waals surface area contributed by atoms with Crippen molar-refractivity contribution < 1.29 is 24.2 Å². The van der Waals surface area contributed by atoms with Gasteiger partial charge in [0.25, 0.3) is 5.91 Å². The normalized spacial score (nSPS) is 16.5. The van der Waals surface area contributed by atoms with Crippen LogP contribution >= 0.6 is 0 Å². The van der Waals surface area contributed by atoms with Gasteiger partial charge in [-0.15, -0.1) is 0 Å². The maximum atomic E-state index is 14.3. The molecule has 0 saturated carbocycles. The number of amides is 3. The molecule has 224 valence electrons. The van der Waals surface area contributed by atoms with Crippen LogP contribution in [0.3, 0.4) is 0 Å². The van der Waals surface area contributed by atoms with Crippen LogP contribution in [0.25, 0.3) is 11.1 Å². The predicted octanol–water partition coefficient (Wildman–Crippen LogP) is 5.53. The van der Waals surface area contributed by atoms with Gasteiger partial charge in [-0.05, 0) is 86.2 Å². The van der Waals surface area contributed by atoms with E-state index in [4.69, 9.17) is 9.84 Å². The van der Waals surface area contributed by atoms with Gasteiger partial charge in [0.15, 0.2) is 5.82 Å². The van der Waals surface area contributed by atoms with Gasteiger partial charge < -0.3 is 9.84 Å². The third-order valence-electron chi connectivity index (χ3n) is 8.40. The van der Waals surface area contributed by atoms with Crippen LogP contribution in [0.4, 0.5) is 21.1 Å². The Labute approximate surface area is 254 Å². The summed E-state index contributed by atoms with van der Waals surface area (Å²) in [5.41, 5.74) is 4.68. The first-order chi connectivity index (χ1) is 21.2. The second kappa shape index (κ2) is 11.5. The highest BCUT2D eigenvalue weighted by Gasteiger charge is 2.59. The lowest BCUT2D eigenvalue weighted by Gasteiger charge is -2.41. The van der Waals surface area contributed by atoms with Gasteiger partial charge in [-0.1, -0.05) is 24.3 Å². The number of likely N-dealkylation sites (tertiary alicyclic amines) is 1. The van der Waals surface area contributed by atoms with Crippen LogP contribution in [0.15, 0.2) is 73.2 Å². The highest BCUT2D eigenvalue weighted by molar-refractivity contribution is 6.30. The molecule has 2 saturated heterocycles. The number of urea groups is 1. The first kappa shape index (κ1) is 28.9. The average molecular weight is 593 g/mol.